The maximum absolute atomic E-state index is 13.7. The van der Waals surface area contributed by atoms with E-state index in [0.717, 1.165) is 22.2 Å². The number of carbonyl (C=O) groups is 1. The number of benzene rings is 2. The Balaban J connectivity index is 2.07. The zero-order valence-electron chi connectivity index (χ0n) is 12.3. The quantitative estimate of drug-likeness (QED) is 0.633. The molecule has 2 rings (SSSR count). The summed E-state index contributed by atoms with van der Waals surface area (Å²) in [4.78, 5) is 22.2. The van der Waals surface area contributed by atoms with E-state index in [-0.39, 0.29) is 11.1 Å². The number of hydrogen-bond donors (Lipinski definition) is 1. The van der Waals surface area contributed by atoms with Crippen LogP contribution in [-0.4, -0.2) is 17.4 Å². The van der Waals surface area contributed by atoms with Crippen molar-refractivity contribution in [3.8, 4) is 0 Å². The number of nitro benzene ring substituents is 1. The van der Waals surface area contributed by atoms with Crippen molar-refractivity contribution in [1.82, 2.24) is 5.32 Å². The van der Waals surface area contributed by atoms with Gasteiger partial charge in [-0.15, -0.1) is 0 Å². The molecule has 5 nitrogen and oxygen atoms in total. The highest BCUT2D eigenvalue weighted by Gasteiger charge is 2.19. The lowest BCUT2D eigenvalue weighted by Gasteiger charge is -2.08. The van der Waals surface area contributed by atoms with Gasteiger partial charge in [0.15, 0.2) is 0 Å². The summed E-state index contributed by atoms with van der Waals surface area (Å²) in [5.74, 6) is -1.31. The van der Waals surface area contributed by atoms with Crippen molar-refractivity contribution in [3.63, 3.8) is 0 Å². The molecule has 0 radical (unpaired) electrons. The van der Waals surface area contributed by atoms with Crippen LogP contribution in [0, 0.1) is 22.9 Å². The molecule has 0 heterocycles. The minimum Gasteiger partial charge on any atom is -0.352 e. The largest absolute Gasteiger partial charge is 0.352 e. The smallest absolute Gasteiger partial charge is 0.276 e. The minimum atomic E-state index is -0.768. The van der Waals surface area contributed by atoms with E-state index in [9.17, 15) is 19.3 Å². The van der Waals surface area contributed by atoms with Crippen LogP contribution in [0.4, 0.5) is 10.1 Å². The van der Waals surface area contributed by atoms with Gasteiger partial charge in [-0.1, -0.05) is 34.1 Å². The number of hydrogen-bond acceptors (Lipinski definition) is 3. The van der Waals surface area contributed by atoms with Gasteiger partial charge < -0.3 is 5.32 Å². The summed E-state index contributed by atoms with van der Waals surface area (Å²) in [5.41, 5.74) is 0.474. The molecule has 0 aliphatic rings. The van der Waals surface area contributed by atoms with E-state index in [1.165, 1.54) is 6.92 Å². The Hall–Kier alpha value is -2.28. The molecule has 1 N–H and O–H groups in total. The van der Waals surface area contributed by atoms with E-state index in [4.69, 9.17) is 0 Å². The monoisotopic (exact) mass is 380 g/mol. The lowest BCUT2D eigenvalue weighted by molar-refractivity contribution is -0.385. The highest BCUT2D eigenvalue weighted by atomic mass is 79.9. The second-order valence-electron chi connectivity index (χ2n) is 4.96. The highest BCUT2D eigenvalue weighted by molar-refractivity contribution is 9.10. The van der Waals surface area contributed by atoms with Crippen LogP contribution in [0.2, 0.25) is 0 Å². The molecule has 0 saturated carbocycles. The summed E-state index contributed by atoms with van der Waals surface area (Å²) in [6, 6.07) is 9.70. The Morgan fingerprint density at radius 2 is 2.04 bits per heavy atom. The third-order valence-corrected chi connectivity index (χ3v) is 4.19. The fourth-order valence-corrected chi connectivity index (χ4v) is 2.58. The van der Waals surface area contributed by atoms with E-state index in [1.807, 2.05) is 24.3 Å². The molecule has 2 aromatic carbocycles. The van der Waals surface area contributed by atoms with Gasteiger partial charge in [-0.25, -0.2) is 4.39 Å². The summed E-state index contributed by atoms with van der Waals surface area (Å²) in [5, 5.41) is 13.5. The third-order valence-electron chi connectivity index (χ3n) is 3.41. The first-order valence-electron chi connectivity index (χ1n) is 6.86. The molecule has 120 valence electrons. The summed E-state index contributed by atoms with van der Waals surface area (Å²) in [6.45, 7) is 1.65. The maximum atomic E-state index is 13.7. The summed E-state index contributed by atoms with van der Waals surface area (Å²) >= 11 is 3.41. The van der Waals surface area contributed by atoms with Crippen molar-refractivity contribution in [2.75, 3.05) is 6.54 Å². The Labute approximate surface area is 140 Å². The van der Waals surface area contributed by atoms with Crippen LogP contribution in [0.3, 0.4) is 0 Å². The van der Waals surface area contributed by atoms with Crippen LogP contribution in [-0.2, 0) is 6.42 Å². The number of halogens is 2. The predicted octanol–water partition coefficient (Wildman–Crippen LogP) is 3.78. The number of carbonyl (C=O) groups excluding carboxylic acids is 1. The minimum absolute atomic E-state index is 0.0630. The molecule has 0 fully saturated rings. The molecule has 23 heavy (non-hydrogen) atoms. The molecule has 0 spiro atoms. The van der Waals surface area contributed by atoms with E-state index < -0.39 is 22.3 Å². The molecule has 1 amide bonds. The number of nitrogens with one attached hydrogen (secondary N) is 1. The maximum Gasteiger partial charge on any atom is 0.276 e. The van der Waals surface area contributed by atoms with Crippen LogP contribution < -0.4 is 5.32 Å². The standard InChI is InChI=1S/C16H14BrFN2O3/c1-10-14(18)8-12(9-15(10)20(22)23)16(21)19-7-6-11-4-2-3-5-13(11)17/h2-5,8-9H,6-7H2,1H3,(H,19,21). The van der Waals surface area contributed by atoms with Gasteiger partial charge in [-0.3, -0.25) is 14.9 Å². The Morgan fingerprint density at radius 1 is 1.35 bits per heavy atom. The second kappa shape index (κ2) is 7.32. The molecule has 2 aromatic rings. The zero-order chi connectivity index (χ0) is 17.0. The van der Waals surface area contributed by atoms with Crippen LogP contribution in [0.25, 0.3) is 0 Å². The zero-order valence-corrected chi connectivity index (χ0v) is 13.9. The van der Waals surface area contributed by atoms with E-state index in [2.05, 4.69) is 21.2 Å². The van der Waals surface area contributed by atoms with Crippen LogP contribution in [0.5, 0.6) is 0 Å². The number of amides is 1. The average Bonchev–Trinajstić information content (AvgIpc) is 2.51. The van der Waals surface area contributed by atoms with E-state index in [1.54, 1.807) is 0 Å². The SMILES string of the molecule is Cc1c(F)cc(C(=O)NCCc2ccccc2Br)cc1[N+](=O)[O-]. The molecule has 0 atom stereocenters. The van der Waals surface area contributed by atoms with Gasteiger partial charge in [0, 0.05) is 22.6 Å². The molecule has 0 aromatic heterocycles. The lowest BCUT2D eigenvalue weighted by atomic mass is 10.1. The Bertz CT molecular complexity index is 765. The van der Waals surface area contributed by atoms with Crippen molar-refractivity contribution in [2.45, 2.75) is 13.3 Å². The van der Waals surface area contributed by atoms with Crippen LogP contribution >= 0.6 is 15.9 Å². The second-order valence-corrected chi connectivity index (χ2v) is 5.81. The molecule has 0 unspecified atom stereocenters. The van der Waals surface area contributed by atoms with Crippen molar-refractivity contribution in [1.29, 1.82) is 0 Å². The van der Waals surface area contributed by atoms with Gasteiger partial charge in [0.1, 0.15) is 5.82 Å². The predicted molar refractivity (Wildman–Crippen MR) is 88.0 cm³/mol. The molecule has 7 heteroatoms. The molecule has 0 aliphatic heterocycles. The number of nitrogens with zero attached hydrogens (tertiary/aromatic N) is 1. The molecular weight excluding hydrogens is 367 g/mol. The van der Waals surface area contributed by atoms with Crippen molar-refractivity contribution < 1.29 is 14.1 Å². The first-order valence-corrected chi connectivity index (χ1v) is 7.65. The molecule has 0 bridgehead atoms. The fourth-order valence-electron chi connectivity index (χ4n) is 2.10. The van der Waals surface area contributed by atoms with Gasteiger partial charge in [0.25, 0.3) is 11.6 Å². The summed E-state index contributed by atoms with van der Waals surface area (Å²) in [6.07, 6.45) is 0.587. The topological polar surface area (TPSA) is 72.2 Å². The first kappa shape index (κ1) is 17.1. The average molecular weight is 381 g/mol. The Morgan fingerprint density at radius 3 is 2.70 bits per heavy atom. The molecular formula is C16H14BrFN2O3. The van der Waals surface area contributed by atoms with Crippen molar-refractivity contribution in [3.05, 3.63) is 73.5 Å². The lowest BCUT2D eigenvalue weighted by Crippen LogP contribution is -2.26. The summed E-state index contributed by atoms with van der Waals surface area (Å²) in [7, 11) is 0. The van der Waals surface area contributed by atoms with Gasteiger partial charge in [-0.2, -0.15) is 0 Å². The molecule has 0 saturated heterocycles. The Kier molecular flexibility index (Phi) is 5.44. The normalized spacial score (nSPS) is 10.4. The number of nitro groups is 1. The highest BCUT2D eigenvalue weighted by Crippen LogP contribution is 2.22. The van der Waals surface area contributed by atoms with Crippen LogP contribution in [0.15, 0.2) is 40.9 Å². The first-order chi connectivity index (χ1) is 10.9. The third kappa shape index (κ3) is 4.13. The van der Waals surface area contributed by atoms with Gasteiger partial charge in [0.2, 0.25) is 0 Å². The van der Waals surface area contributed by atoms with Gasteiger partial charge in [-0.05, 0) is 31.0 Å². The van der Waals surface area contributed by atoms with Crippen LogP contribution in [0.1, 0.15) is 21.5 Å². The molecule has 0 aliphatic carbocycles. The van der Waals surface area contributed by atoms with E-state index in [0.29, 0.717) is 13.0 Å². The summed E-state index contributed by atoms with van der Waals surface area (Å²) < 4.78 is 14.6. The van der Waals surface area contributed by atoms with Crippen molar-refractivity contribution in [2.24, 2.45) is 0 Å². The van der Waals surface area contributed by atoms with E-state index >= 15 is 0 Å². The fraction of sp³-hybridized carbons (Fsp3) is 0.188. The van der Waals surface area contributed by atoms with Gasteiger partial charge in [0.05, 0.1) is 10.5 Å². The number of rotatable bonds is 5. The van der Waals surface area contributed by atoms with Gasteiger partial charge >= 0.3 is 0 Å². The van der Waals surface area contributed by atoms with Crippen molar-refractivity contribution >= 4 is 27.5 Å².